The maximum absolute atomic E-state index is 12.7. The molecule has 0 bridgehead atoms. The molecule has 0 heterocycles. The number of rotatable bonds is 43. The third kappa shape index (κ3) is 42.4. The van der Waals surface area contributed by atoms with E-state index in [1.165, 1.54) is 135 Å². The van der Waals surface area contributed by atoms with E-state index in [1.807, 2.05) is 21.1 Å². The van der Waals surface area contributed by atoms with Gasteiger partial charge in [0.15, 0.2) is 6.10 Å². The second kappa shape index (κ2) is 39.2. The molecule has 56 heavy (non-hydrogen) atoms. The molecule has 0 fully saturated rings. The zero-order valence-electron chi connectivity index (χ0n) is 37.4. The van der Waals surface area contributed by atoms with E-state index < -0.39 is 26.5 Å². The summed E-state index contributed by atoms with van der Waals surface area (Å²) in [6.07, 6.45) is 41.2. The van der Waals surface area contributed by atoms with Gasteiger partial charge in [-0.2, -0.15) is 0 Å². The van der Waals surface area contributed by atoms with Crippen LogP contribution < -0.4 is 0 Å². The SMILES string of the molecule is CCCCC/C=C/CCCCCCCC(=O)O[C@H](COC(=O)CCCCCCCCCCCCCCCCCCCCCC)COP(=O)(O)OCC[N+](C)(C)C. The summed E-state index contributed by atoms with van der Waals surface area (Å²) in [6, 6.07) is 0. The number of carbonyl (C=O) groups excluding carboxylic acids is 2. The van der Waals surface area contributed by atoms with Crippen molar-refractivity contribution in [1.82, 2.24) is 0 Å². The maximum atomic E-state index is 12.7. The Morgan fingerprint density at radius 1 is 0.536 bits per heavy atom. The zero-order chi connectivity index (χ0) is 41.4. The standard InChI is InChI=1S/C46H90NO8P/c1-6-8-10-12-14-16-18-20-21-22-23-24-25-26-27-29-30-32-34-36-38-45(48)52-42-44(43-54-56(50,51)53-41-40-47(3,4)5)55-46(49)39-37-35-33-31-28-19-17-15-13-11-9-7-2/h15,17,44H,6-14,16,18-43H2,1-5H3/p+1/b17-15+/t44-/m1/s1. The average molecular weight is 817 g/mol. The first-order valence-corrected chi connectivity index (χ1v) is 24.9. The number of unbranched alkanes of at least 4 members (excludes halogenated alkanes) is 27. The van der Waals surface area contributed by atoms with Gasteiger partial charge in [-0.3, -0.25) is 18.6 Å². The Morgan fingerprint density at radius 3 is 1.36 bits per heavy atom. The van der Waals surface area contributed by atoms with Crippen molar-refractivity contribution in [1.29, 1.82) is 0 Å². The third-order valence-electron chi connectivity index (χ3n) is 10.3. The fourth-order valence-corrected chi connectivity index (χ4v) is 7.34. The van der Waals surface area contributed by atoms with Crippen molar-refractivity contribution >= 4 is 19.8 Å². The van der Waals surface area contributed by atoms with Gasteiger partial charge in [0.05, 0.1) is 27.7 Å². The number of esters is 2. The summed E-state index contributed by atoms with van der Waals surface area (Å²) in [6.45, 7) is 4.42. The van der Waals surface area contributed by atoms with Gasteiger partial charge in [-0.1, -0.05) is 180 Å². The molecule has 0 saturated heterocycles. The van der Waals surface area contributed by atoms with Crippen LogP contribution in [0.4, 0.5) is 0 Å². The number of allylic oxidation sites excluding steroid dienone is 2. The largest absolute Gasteiger partial charge is 0.472 e. The van der Waals surface area contributed by atoms with Crippen molar-refractivity contribution in [3.63, 3.8) is 0 Å². The van der Waals surface area contributed by atoms with Crippen molar-refractivity contribution < 1.29 is 42.1 Å². The van der Waals surface area contributed by atoms with Crippen LogP contribution in [-0.4, -0.2) is 74.9 Å². The second-order valence-electron chi connectivity index (χ2n) is 17.1. The van der Waals surface area contributed by atoms with Gasteiger partial charge < -0.3 is 18.9 Å². The van der Waals surface area contributed by atoms with Gasteiger partial charge in [0.25, 0.3) is 0 Å². The van der Waals surface area contributed by atoms with Crippen LogP contribution in [0.25, 0.3) is 0 Å². The molecule has 0 aliphatic rings. The molecule has 9 nitrogen and oxygen atoms in total. The zero-order valence-corrected chi connectivity index (χ0v) is 38.3. The minimum atomic E-state index is -4.37. The Labute approximate surface area is 346 Å². The predicted molar refractivity (Wildman–Crippen MR) is 234 cm³/mol. The highest BCUT2D eigenvalue weighted by molar-refractivity contribution is 7.47. The maximum Gasteiger partial charge on any atom is 0.472 e. The van der Waals surface area contributed by atoms with E-state index in [2.05, 4.69) is 26.0 Å². The molecule has 1 unspecified atom stereocenters. The monoisotopic (exact) mass is 817 g/mol. The summed E-state index contributed by atoms with van der Waals surface area (Å²) in [5, 5.41) is 0. The average Bonchev–Trinajstić information content (AvgIpc) is 3.15. The highest BCUT2D eigenvalue weighted by Gasteiger charge is 2.27. The van der Waals surface area contributed by atoms with Crippen LogP contribution >= 0.6 is 7.82 Å². The number of carbonyl (C=O) groups is 2. The molecule has 0 rings (SSSR count). The van der Waals surface area contributed by atoms with Crippen molar-refractivity contribution in [2.24, 2.45) is 0 Å². The molecule has 2 atom stereocenters. The lowest BCUT2D eigenvalue weighted by Crippen LogP contribution is -2.37. The number of phosphoric acid groups is 1. The fraction of sp³-hybridized carbons (Fsp3) is 0.913. The van der Waals surface area contributed by atoms with Gasteiger partial charge >= 0.3 is 19.8 Å². The lowest BCUT2D eigenvalue weighted by Gasteiger charge is -2.24. The van der Waals surface area contributed by atoms with Crippen LogP contribution in [-0.2, 0) is 32.7 Å². The topological polar surface area (TPSA) is 108 Å². The van der Waals surface area contributed by atoms with Gasteiger partial charge in [-0.15, -0.1) is 0 Å². The molecule has 0 aliphatic heterocycles. The summed E-state index contributed by atoms with van der Waals surface area (Å²) in [7, 11) is 1.48. The number of likely N-dealkylation sites (N-methyl/N-ethyl adjacent to an activating group) is 1. The van der Waals surface area contributed by atoms with Crippen LogP contribution in [0.5, 0.6) is 0 Å². The first-order valence-electron chi connectivity index (χ1n) is 23.4. The van der Waals surface area contributed by atoms with Crippen molar-refractivity contribution in [3.8, 4) is 0 Å². The van der Waals surface area contributed by atoms with Crippen LogP contribution in [0.3, 0.4) is 0 Å². The number of hydrogen-bond acceptors (Lipinski definition) is 7. The number of hydrogen-bond donors (Lipinski definition) is 1. The Morgan fingerprint density at radius 2 is 0.911 bits per heavy atom. The molecule has 1 N–H and O–H groups in total. The lowest BCUT2D eigenvalue weighted by atomic mass is 10.0. The summed E-state index contributed by atoms with van der Waals surface area (Å²) in [4.78, 5) is 35.4. The van der Waals surface area contributed by atoms with Gasteiger partial charge in [-0.05, 0) is 38.5 Å². The Bertz CT molecular complexity index is 969. The molecular formula is C46H91NO8P+. The first kappa shape index (κ1) is 54.8. The molecule has 0 aliphatic carbocycles. The van der Waals surface area contributed by atoms with Crippen molar-refractivity contribution in [2.75, 3.05) is 47.5 Å². The fourth-order valence-electron chi connectivity index (χ4n) is 6.60. The summed E-state index contributed by atoms with van der Waals surface area (Å²) < 4.78 is 34.3. The predicted octanol–water partition coefficient (Wildman–Crippen LogP) is 13.4. The number of ether oxygens (including phenoxy) is 2. The van der Waals surface area contributed by atoms with Crippen LogP contribution in [0.15, 0.2) is 12.2 Å². The third-order valence-corrected chi connectivity index (χ3v) is 11.3. The molecule has 332 valence electrons. The highest BCUT2D eigenvalue weighted by Crippen LogP contribution is 2.43. The lowest BCUT2D eigenvalue weighted by molar-refractivity contribution is -0.870. The Balaban J connectivity index is 4.22. The van der Waals surface area contributed by atoms with Gasteiger partial charge in [0.1, 0.15) is 19.8 Å². The molecule has 10 heteroatoms. The van der Waals surface area contributed by atoms with Crippen LogP contribution in [0.2, 0.25) is 0 Å². The van der Waals surface area contributed by atoms with E-state index in [1.54, 1.807) is 0 Å². The Hall–Kier alpha value is -1.25. The summed E-state index contributed by atoms with van der Waals surface area (Å²) in [5.74, 6) is -0.798. The quantitative estimate of drug-likeness (QED) is 0.0213. The van der Waals surface area contributed by atoms with Gasteiger partial charge in [0.2, 0.25) is 0 Å². The number of phosphoric ester groups is 1. The smallest absolute Gasteiger partial charge is 0.462 e. The van der Waals surface area contributed by atoms with E-state index in [0.717, 1.165) is 51.4 Å². The van der Waals surface area contributed by atoms with E-state index >= 15 is 0 Å². The minimum Gasteiger partial charge on any atom is -0.462 e. The van der Waals surface area contributed by atoms with Crippen LogP contribution in [0, 0.1) is 0 Å². The molecule has 0 aromatic carbocycles. The summed E-state index contributed by atoms with van der Waals surface area (Å²) in [5.41, 5.74) is 0. The van der Waals surface area contributed by atoms with E-state index in [9.17, 15) is 19.0 Å². The molecule has 0 saturated carbocycles. The van der Waals surface area contributed by atoms with E-state index in [0.29, 0.717) is 23.9 Å². The molecule has 0 aromatic heterocycles. The second-order valence-corrected chi connectivity index (χ2v) is 18.6. The highest BCUT2D eigenvalue weighted by atomic mass is 31.2. The first-order chi connectivity index (χ1) is 27.0. The normalized spacial score (nSPS) is 13.6. The van der Waals surface area contributed by atoms with Gasteiger partial charge in [-0.25, -0.2) is 4.57 Å². The molecule has 0 spiro atoms. The molecule has 0 radical (unpaired) electrons. The van der Waals surface area contributed by atoms with Crippen LogP contribution in [0.1, 0.15) is 219 Å². The van der Waals surface area contributed by atoms with E-state index in [4.69, 9.17) is 18.5 Å². The summed E-state index contributed by atoms with van der Waals surface area (Å²) >= 11 is 0. The Kier molecular flexibility index (Phi) is 38.3. The number of nitrogens with zero attached hydrogens (tertiary/aromatic N) is 1. The van der Waals surface area contributed by atoms with Crippen molar-refractivity contribution in [2.45, 2.75) is 225 Å². The molecular weight excluding hydrogens is 725 g/mol. The molecule has 0 amide bonds. The molecule has 0 aromatic rings. The number of quaternary nitrogens is 1. The van der Waals surface area contributed by atoms with E-state index in [-0.39, 0.29) is 25.6 Å². The van der Waals surface area contributed by atoms with Crippen molar-refractivity contribution in [3.05, 3.63) is 12.2 Å². The van der Waals surface area contributed by atoms with Gasteiger partial charge in [0, 0.05) is 12.8 Å². The minimum absolute atomic E-state index is 0.0332.